The molecule has 1 atom stereocenters. The van der Waals surface area contributed by atoms with Crippen LogP contribution in [0.1, 0.15) is 19.8 Å². The van der Waals surface area contributed by atoms with E-state index in [9.17, 15) is 22.8 Å². The lowest BCUT2D eigenvalue weighted by Crippen LogP contribution is -2.29. The molecule has 1 amide bonds. The lowest BCUT2D eigenvalue weighted by atomic mass is 10.3. The van der Waals surface area contributed by atoms with Crippen molar-refractivity contribution in [2.75, 3.05) is 18.5 Å². The molecule has 1 aromatic carbocycles. The van der Waals surface area contributed by atoms with Crippen molar-refractivity contribution in [3.63, 3.8) is 0 Å². The molecule has 0 aromatic heterocycles. The van der Waals surface area contributed by atoms with Crippen LogP contribution in [0.15, 0.2) is 29.2 Å². The number of hydrogen-bond acceptors (Lipinski definition) is 7. The number of sulfonamides is 1. The number of cyclic esters (lactones) is 1. The summed E-state index contributed by atoms with van der Waals surface area (Å²) in [5.74, 6) is -1.54. The summed E-state index contributed by atoms with van der Waals surface area (Å²) in [6.45, 7) is 1.38. The van der Waals surface area contributed by atoms with E-state index in [0.29, 0.717) is 12.1 Å². The molecule has 9 nitrogen and oxygen atoms in total. The summed E-state index contributed by atoms with van der Waals surface area (Å²) in [6.07, 6.45) is -0.824. The second-order valence-corrected chi connectivity index (χ2v) is 7.05. The van der Waals surface area contributed by atoms with Crippen LogP contribution in [0, 0.1) is 0 Å². The monoisotopic (exact) mass is 370 g/mol. The van der Waals surface area contributed by atoms with Gasteiger partial charge >= 0.3 is 11.9 Å². The van der Waals surface area contributed by atoms with Crippen LogP contribution < -0.4 is 10.0 Å². The number of benzene rings is 1. The van der Waals surface area contributed by atoms with E-state index >= 15 is 0 Å². The number of carbonyl (C=O) groups excluding carboxylic acids is 3. The highest BCUT2D eigenvalue weighted by Gasteiger charge is 2.30. The van der Waals surface area contributed by atoms with Crippen molar-refractivity contribution in [3.8, 4) is 0 Å². The number of hydrogen-bond donors (Lipinski definition) is 2. The molecule has 10 heteroatoms. The summed E-state index contributed by atoms with van der Waals surface area (Å²) in [7, 11) is -3.80. The Morgan fingerprint density at radius 2 is 1.96 bits per heavy atom. The fourth-order valence-corrected chi connectivity index (χ4v) is 3.13. The van der Waals surface area contributed by atoms with Gasteiger partial charge in [-0.2, -0.15) is 0 Å². The van der Waals surface area contributed by atoms with Crippen molar-refractivity contribution in [3.05, 3.63) is 24.3 Å². The Bertz CT molecular complexity index is 759. The Hall–Kier alpha value is -2.46. The molecule has 0 saturated carbocycles. The maximum Gasteiger partial charge on any atom is 0.347 e. The summed E-state index contributed by atoms with van der Waals surface area (Å²) in [5, 5.41) is 2.53. The largest absolute Gasteiger partial charge is 0.463 e. The molecule has 1 saturated heterocycles. The van der Waals surface area contributed by atoms with Gasteiger partial charge in [0.25, 0.3) is 0 Å². The first-order chi connectivity index (χ1) is 11.8. The van der Waals surface area contributed by atoms with Gasteiger partial charge in [-0.05, 0) is 24.3 Å². The molecule has 136 valence electrons. The van der Waals surface area contributed by atoms with E-state index in [1.165, 1.54) is 31.2 Å². The van der Waals surface area contributed by atoms with E-state index in [-0.39, 0.29) is 30.4 Å². The minimum atomic E-state index is -3.80. The third-order valence-electron chi connectivity index (χ3n) is 3.27. The van der Waals surface area contributed by atoms with Crippen LogP contribution in [-0.4, -0.2) is 45.5 Å². The predicted molar refractivity (Wildman–Crippen MR) is 86.0 cm³/mol. The Balaban J connectivity index is 1.83. The van der Waals surface area contributed by atoms with Gasteiger partial charge in [0.05, 0.1) is 17.9 Å². The third-order valence-corrected chi connectivity index (χ3v) is 4.74. The van der Waals surface area contributed by atoms with Crippen LogP contribution in [0.5, 0.6) is 0 Å². The molecule has 1 aliphatic heterocycles. The molecule has 1 heterocycles. The molecule has 1 aliphatic rings. The Morgan fingerprint density at radius 3 is 2.52 bits per heavy atom. The van der Waals surface area contributed by atoms with Crippen molar-refractivity contribution >= 4 is 33.6 Å². The molecule has 1 aromatic rings. The zero-order valence-corrected chi connectivity index (χ0v) is 14.3. The zero-order chi connectivity index (χ0) is 18.4. The highest BCUT2D eigenvalue weighted by molar-refractivity contribution is 7.89. The molecule has 0 unspecified atom stereocenters. The van der Waals surface area contributed by atoms with E-state index in [1.54, 1.807) is 0 Å². The highest BCUT2D eigenvalue weighted by Crippen LogP contribution is 2.14. The van der Waals surface area contributed by atoms with Gasteiger partial charge in [0, 0.05) is 25.6 Å². The van der Waals surface area contributed by atoms with Crippen LogP contribution in [-0.2, 0) is 33.9 Å². The summed E-state index contributed by atoms with van der Waals surface area (Å²) in [4.78, 5) is 33.7. The van der Waals surface area contributed by atoms with E-state index in [1.807, 2.05) is 0 Å². The van der Waals surface area contributed by atoms with Gasteiger partial charge < -0.3 is 14.8 Å². The second-order valence-electron chi connectivity index (χ2n) is 5.29. The summed E-state index contributed by atoms with van der Waals surface area (Å²) in [5.41, 5.74) is 0.471. The molecule has 0 radical (unpaired) electrons. The smallest absolute Gasteiger partial charge is 0.347 e. The van der Waals surface area contributed by atoms with Gasteiger partial charge in [-0.15, -0.1) is 0 Å². The first-order valence-corrected chi connectivity index (χ1v) is 9.00. The molecular weight excluding hydrogens is 352 g/mol. The van der Waals surface area contributed by atoms with E-state index < -0.39 is 28.1 Å². The summed E-state index contributed by atoms with van der Waals surface area (Å²) >= 11 is 0. The Kier molecular flexibility index (Phi) is 6.10. The number of nitrogens with one attached hydrogen (secondary N) is 2. The van der Waals surface area contributed by atoms with Gasteiger partial charge in [0.2, 0.25) is 22.0 Å². The minimum Gasteiger partial charge on any atom is -0.463 e. The minimum absolute atomic E-state index is 0.00524. The molecule has 0 spiro atoms. The van der Waals surface area contributed by atoms with Crippen molar-refractivity contribution in [2.45, 2.75) is 30.8 Å². The standard InChI is InChI=1S/C15H18N2O7S/c1-10(18)17-11-2-4-12(5-3-11)25(21,22)16-8-6-14(19)24-13-7-9-23-15(13)20/h2-5,13,16H,6-9H2,1H3,(H,17,18)/t13-/m1/s1. The maximum atomic E-state index is 12.1. The summed E-state index contributed by atoms with van der Waals surface area (Å²) in [6, 6.07) is 5.58. The van der Waals surface area contributed by atoms with Gasteiger partial charge in [-0.3, -0.25) is 9.59 Å². The predicted octanol–water partition coefficient (Wildman–Crippen LogP) is 0.172. The van der Waals surface area contributed by atoms with Gasteiger partial charge in [-0.1, -0.05) is 0 Å². The van der Waals surface area contributed by atoms with Crippen LogP contribution in [0.25, 0.3) is 0 Å². The first-order valence-electron chi connectivity index (χ1n) is 7.51. The lowest BCUT2D eigenvalue weighted by molar-refractivity contribution is -0.160. The Morgan fingerprint density at radius 1 is 1.28 bits per heavy atom. The fraction of sp³-hybridized carbons (Fsp3) is 0.400. The van der Waals surface area contributed by atoms with E-state index in [0.717, 1.165) is 0 Å². The normalized spacial score (nSPS) is 17.0. The average molecular weight is 370 g/mol. The van der Waals surface area contributed by atoms with Crippen LogP contribution in [0.4, 0.5) is 5.69 Å². The molecule has 1 fully saturated rings. The van der Waals surface area contributed by atoms with Crippen LogP contribution in [0.2, 0.25) is 0 Å². The highest BCUT2D eigenvalue weighted by atomic mass is 32.2. The van der Waals surface area contributed by atoms with Crippen molar-refractivity contribution in [1.29, 1.82) is 0 Å². The fourth-order valence-electron chi connectivity index (χ4n) is 2.09. The van der Waals surface area contributed by atoms with Crippen molar-refractivity contribution in [2.24, 2.45) is 0 Å². The lowest BCUT2D eigenvalue weighted by Gasteiger charge is -2.10. The van der Waals surface area contributed by atoms with E-state index in [2.05, 4.69) is 14.8 Å². The summed E-state index contributed by atoms with van der Waals surface area (Å²) < 4.78 is 36.1. The van der Waals surface area contributed by atoms with Gasteiger partial charge in [-0.25, -0.2) is 17.9 Å². The Labute approximate surface area is 144 Å². The molecular formula is C15H18N2O7S. The zero-order valence-electron chi connectivity index (χ0n) is 13.5. The van der Waals surface area contributed by atoms with Crippen molar-refractivity contribution < 1.29 is 32.3 Å². The molecule has 0 aliphatic carbocycles. The maximum absolute atomic E-state index is 12.1. The number of rotatable bonds is 7. The second kappa shape index (κ2) is 8.08. The molecule has 2 N–H and O–H groups in total. The first kappa shape index (κ1) is 18.9. The molecule has 2 rings (SSSR count). The number of ether oxygens (including phenoxy) is 2. The van der Waals surface area contributed by atoms with Gasteiger partial charge in [0.1, 0.15) is 0 Å². The SMILES string of the molecule is CC(=O)Nc1ccc(S(=O)(=O)NCCC(=O)O[C@@H]2CCOC2=O)cc1. The van der Waals surface area contributed by atoms with Gasteiger partial charge in [0.15, 0.2) is 0 Å². The van der Waals surface area contributed by atoms with Crippen LogP contribution >= 0.6 is 0 Å². The quantitative estimate of drug-likeness (QED) is 0.655. The number of anilines is 1. The van der Waals surface area contributed by atoms with Crippen molar-refractivity contribution in [1.82, 2.24) is 4.72 Å². The number of carbonyl (C=O) groups is 3. The topological polar surface area (TPSA) is 128 Å². The number of amides is 1. The molecule has 25 heavy (non-hydrogen) atoms. The number of esters is 2. The van der Waals surface area contributed by atoms with Crippen LogP contribution in [0.3, 0.4) is 0 Å². The molecule has 0 bridgehead atoms. The average Bonchev–Trinajstić information content (AvgIpc) is 2.92. The third kappa shape index (κ3) is 5.54. The van der Waals surface area contributed by atoms with E-state index in [4.69, 9.17) is 4.74 Å².